The van der Waals surface area contributed by atoms with Crippen LogP contribution in [-0.2, 0) is 0 Å². The summed E-state index contributed by atoms with van der Waals surface area (Å²) in [7, 11) is 1.40. The normalized spacial score (nSPS) is 17.4. The van der Waals surface area contributed by atoms with Gasteiger partial charge in [-0.2, -0.15) is 0 Å². The highest BCUT2D eigenvalue weighted by molar-refractivity contribution is 6.01. The van der Waals surface area contributed by atoms with E-state index in [0.717, 1.165) is 19.3 Å². The van der Waals surface area contributed by atoms with Crippen molar-refractivity contribution in [1.29, 1.82) is 0 Å². The maximum absolute atomic E-state index is 13.5. The lowest BCUT2D eigenvalue weighted by molar-refractivity contribution is 0.0635. The highest BCUT2D eigenvalue weighted by Gasteiger charge is 2.43. The summed E-state index contributed by atoms with van der Waals surface area (Å²) in [5.74, 6) is -0.408. The first-order chi connectivity index (χ1) is 8.13. The molecule has 0 aromatic heterocycles. The second kappa shape index (κ2) is 4.45. The van der Waals surface area contributed by atoms with Crippen molar-refractivity contribution < 1.29 is 13.9 Å². The minimum atomic E-state index is -0.509. The van der Waals surface area contributed by atoms with Crippen molar-refractivity contribution in [2.24, 2.45) is 11.1 Å². The molecule has 2 rings (SSSR count). The maximum atomic E-state index is 13.5. The average Bonchev–Trinajstić information content (AvgIpc) is 2.28. The van der Waals surface area contributed by atoms with E-state index in [1.807, 2.05) is 0 Å². The fraction of sp³-hybridized carbons (Fsp3) is 0.462. The predicted octanol–water partition coefficient (Wildman–Crippen LogP) is 2.15. The number of carbonyl (C=O) groups is 1. The van der Waals surface area contributed by atoms with Crippen LogP contribution in [0.1, 0.15) is 29.6 Å². The van der Waals surface area contributed by atoms with Gasteiger partial charge in [0.2, 0.25) is 0 Å². The van der Waals surface area contributed by atoms with Gasteiger partial charge in [0, 0.05) is 17.5 Å². The fourth-order valence-corrected chi connectivity index (χ4v) is 2.24. The van der Waals surface area contributed by atoms with Crippen LogP contribution in [0.25, 0.3) is 0 Å². The van der Waals surface area contributed by atoms with E-state index in [1.165, 1.54) is 19.2 Å². The van der Waals surface area contributed by atoms with E-state index in [2.05, 4.69) is 0 Å². The lowest BCUT2D eigenvalue weighted by Gasteiger charge is -2.39. The Labute approximate surface area is 99.8 Å². The minimum Gasteiger partial charge on any atom is -0.494 e. The van der Waals surface area contributed by atoms with Crippen LogP contribution < -0.4 is 10.5 Å². The Hall–Kier alpha value is -1.42. The Kier molecular flexibility index (Phi) is 3.15. The van der Waals surface area contributed by atoms with Crippen molar-refractivity contribution in [3.8, 4) is 5.75 Å². The quantitative estimate of drug-likeness (QED) is 0.816. The Balaban J connectivity index is 2.28. The third-order valence-electron chi connectivity index (χ3n) is 3.60. The number of halogens is 1. The molecule has 1 aliphatic rings. The van der Waals surface area contributed by atoms with Gasteiger partial charge in [-0.3, -0.25) is 4.79 Å². The summed E-state index contributed by atoms with van der Waals surface area (Å²) >= 11 is 0. The van der Waals surface area contributed by atoms with Crippen LogP contribution in [0.15, 0.2) is 18.2 Å². The van der Waals surface area contributed by atoms with Crippen LogP contribution in [0.3, 0.4) is 0 Å². The number of benzene rings is 1. The Bertz CT molecular complexity index is 436. The molecule has 0 amide bonds. The van der Waals surface area contributed by atoms with Crippen molar-refractivity contribution in [3.05, 3.63) is 29.6 Å². The highest BCUT2D eigenvalue weighted by Crippen LogP contribution is 2.42. The third kappa shape index (κ3) is 1.93. The van der Waals surface area contributed by atoms with Crippen molar-refractivity contribution in [2.45, 2.75) is 19.3 Å². The van der Waals surface area contributed by atoms with Gasteiger partial charge in [0.1, 0.15) is 0 Å². The number of ketones is 1. The zero-order valence-corrected chi connectivity index (χ0v) is 9.83. The Morgan fingerprint density at radius 3 is 2.65 bits per heavy atom. The second-order valence-corrected chi connectivity index (χ2v) is 4.52. The molecular formula is C13H16FNO2. The van der Waals surface area contributed by atoms with Gasteiger partial charge in [-0.05, 0) is 31.0 Å². The summed E-state index contributed by atoms with van der Waals surface area (Å²) in [5.41, 5.74) is 5.59. The first-order valence-corrected chi connectivity index (χ1v) is 5.71. The molecule has 0 spiro atoms. The zero-order valence-electron chi connectivity index (χ0n) is 9.83. The lowest BCUT2D eigenvalue weighted by Crippen LogP contribution is -2.44. The van der Waals surface area contributed by atoms with Gasteiger partial charge < -0.3 is 10.5 Å². The zero-order chi connectivity index (χ0) is 12.5. The lowest BCUT2D eigenvalue weighted by atomic mass is 9.64. The van der Waals surface area contributed by atoms with Crippen LogP contribution in [0.2, 0.25) is 0 Å². The molecule has 1 aliphatic carbocycles. The third-order valence-corrected chi connectivity index (χ3v) is 3.60. The van der Waals surface area contributed by atoms with Crippen molar-refractivity contribution in [1.82, 2.24) is 0 Å². The van der Waals surface area contributed by atoms with E-state index >= 15 is 0 Å². The molecule has 0 unspecified atom stereocenters. The highest BCUT2D eigenvalue weighted by atomic mass is 19.1. The maximum Gasteiger partial charge on any atom is 0.170 e. The molecule has 17 heavy (non-hydrogen) atoms. The molecule has 4 heteroatoms. The molecule has 0 radical (unpaired) electrons. The molecule has 0 saturated heterocycles. The number of carbonyl (C=O) groups excluding carboxylic acids is 1. The van der Waals surface area contributed by atoms with E-state index in [9.17, 15) is 9.18 Å². The summed E-state index contributed by atoms with van der Waals surface area (Å²) < 4.78 is 18.3. The van der Waals surface area contributed by atoms with E-state index < -0.39 is 11.2 Å². The van der Waals surface area contributed by atoms with E-state index in [-0.39, 0.29) is 11.5 Å². The monoisotopic (exact) mass is 237 g/mol. The second-order valence-electron chi connectivity index (χ2n) is 4.52. The Morgan fingerprint density at radius 1 is 1.53 bits per heavy atom. The number of hydrogen-bond acceptors (Lipinski definition) is 3. The number of rotatable bonds is 4. The summed E-state index contributed by atoms with van der Waals surface area (Å²) in [6, 6.07) is 4.31. The van der Waals surface area contributed by atoms with Gasteiger partial charge >= 0.3 is 0 Å². The van der Waals surface area contributed by atoms with Crippen molar-refractivity contribution in [2.75, 3.05) is 13.7 Å². The molecule has 1 fully saturated rings. The number of hydrogen-bond donors (Lipinski definition) is 1. The molecule has 0 heterocycles. The number of nitrogens with two attached hydrogens (primary N) is 1. The topological polar surface area (TPSA) is 52.3 Å². The molecule has 0 bridgehead atoms. The first-order valence-electron chi connectivity index (χ1n) is 5.71. The van der Waals surface area contributed by atoms with Crippen molar-refractivity contribution >= 4 is 5.78 Å². The molecule has 1 aromatic carbocycles. The molecule has 92 valence electrons. The molecule has 3 nitrogen and oxygen atoms in total. The van der Waals surface area contributed by atoms with Crippen LogP contribution in [-0.4, -0.2) is 19.4 Å². The number of methoxy groups -OCH3 is 1. The summed E-state index contributed by atoms with van der Waals surface area (Å²) in [5, 5.41) is 0. The van der Waals surface area contributed by atoms with E-state index in [1.54, 1.807) is 6.07 Å². The van der Waals surface area contributed by atoms with Gasteiger partial charge in [-0.1, -0.05) is 6.42 Å². The Morgan fingerprint density at radius 2 is 2.24 bits per heavy atom. The number of ether oxygens (including phenoxy) is 1. The molecule has 1 saturated carbocycles. The van der Waals surface area contributed by atoms with E-state index in [0.29, 0.717) is 12.1 Å². The van der Waals surface area contributed by atoms with Crippen molar-refractivity contribution in [3.63, 3.8) is 0 Å². The molecule has 0 aliphatic heterocycles. The number of Topliss-reactive ketones (excluding diaryl/α,β-unsaturated/α-hetero) is 1. The van der Waals surface area contributed by atoms with Gasteiger partial charge in [-0.25, -0.2) is 4.39 Å². The van der Waals surface area contributed by atoms with Crippen LogP contribution in [0, 0.1) is 11.2 Å². The van der Waals surface area contributed by atoms with Gasteiger partial charge in [0.05, 0.1) is 7.11 Å². The smallest absolute Gasteiger partial charge is 0.170 e. The predicted molar refractivity (Wildman–Crippen MR) is 62.6 cm³/mol. The first kappa shape index (κ1) is 12.0. The van der Waals surface area contributed by atoms with Gasteiger partial charge in [0.25, 0.3) is 0 Å². The van der Waals surface area contributed by atoms with Gasteiger partial charge in [-0.15, -0.1) is 0 Å². The van der Waals surface area contributed by atoms with Crippen LogP contribution >= 0.6 is 0 Å². The fourth-order valence-electron chi connectivity index (χ4n) is 2.24. The van der Waals surface area contributed by atoms with E-state index in [4.69, 9.17) is 10.5 Å². The molecule has 1 aromatic rings. The molecule has 0 atom stereocenters. The van der Waals surface area contributed by atoms with Gasteiger partial charge in [0.15, 0.2) is 17.3 Å². The van der Waals surface area contributed by atoms with Crippen LogP contribution in [0.5, 0.6) is 5.75 Å². The SMILES string of the molecule is COc1ccc(C(=O)C2(CN)CCC2)cc1F. The average molecular weight is 237 g/mol. The largest absolute Gasteiger partial charge is 0.494 e. The summed E-state index contributed by atoms with van der Waals surface area (Å²) in [6.07, 6.45) is 2.62. The minimum absolute atomic E-state index is 0.0483. The molecular weight excluding hydrogens is 221 g/mol. The summed E-state index contributed by atoms with van der Waals surface area (Å²) in [4.78, 5) is 12.2. The summed E-state index contributed by atoms with van der Waals surface area (Å²) in [6.45, 7) is 0.333. The van der Waals surface area contributed by atoms with Crippen LogP contribution in [0.4, 0.5) is 4.39 Å². The standard InChI is InChI=1S/C13H16FNO2/c1-17-11-4-3-9(7-10(11)14)12(16)13(8-15)5-2-6-13/h3-4,7H,2,5-6,8,15H2,1H3. The molecule has 2 N–H and O–H groups in total.